The Morgan fingerprint density at radius 3 is 2.68 bits per heavy atom. The zero-order valence-electron chi connectivity index (χ0n) is 13.0. The summed E-state index contributed by atoms with van der Waals surface area (Å²) in [6.45, 7) is 9.06. The molecule has 0 aromatic heterocycles. The van der Waals surface area contributed by atoms with E-state index in [0.717, 1.165) is 29.5 Å². The molecular weight excluding hydrogens is 399 g/mol. The third-order valence-electron chi connectivity index (χ3n) is 3.67. The summed E-state index contributed by atoms with van der Waals surface area (Å²) in [7, 11) is 0. The van der Waals surface area contributed by atoms with Crippen LogP contribution in [0.5, 0.6) is 5.75 Å². The highest BCUT2D eigenvalue weighted by Gasteiger charge is 2.28. The topological polar surface area (TPSA) is 18.5 Å². The van der Waals surface area contributed by atoms with Gasteiger partial charge >= 0.3 is 0 Å². The highest BCUT2D eigenvalue weighted by Crippen LogP contribution is 2.63. The maximum atomic E-state index is 6.08. The van der Waals surface area contributed by atoms with E-state index in [1.807, 2.05) is 24.3 Å². The normalized spacial score (nSPS) is 30.0. The molecule has 1 fully saturated rings. The molecule has 1 heterocycles. The van der Waals surface area contributed by atoms with Crippen molar-refractivity contribution in [3.05, 3.63) is 40.9 Å². The fourth-order valence-corrected chi connectivity index (χ4v) is 8.40. The zero-order chi connectivity index (χ0) is 16.2. The molecule has 22 heavy (non-hydrogen) atoms. The molecule has 0 bridgehead atoms. The Morgan fingerprint density at radius 2 is 2.05 bits per heavy atom. The van der Waals surface area contributed by atoms with Crippen LogP contribution in [-0.4, -0.2) is 11.9 Å². The molecule has 1 aliphatic heterocycles. The second-order valence-corrected chi connectivity index (χ2v) is 13.1. The zero-order valence-corrected chi connectivity index (χ0v) is 17.1. The van der Waals surface area contributed by atoms with Crippen LogP contribution in [0.2, 0.25) is 0 Å². The van der Waals surface area contributed by atoms with Crippen LogP contribution in [0.3, 0.4) is 0 Å². The van der Waals surface area contributed by atoms with E-state index in [1.54, 1.807) is 11.4 Å². The van der Waals surface area contributed by atoms with Crippen molar-refractivity contribution in [2.45, 2.75) is 38.4 Å². The van der Waals surface area contributed by atoms with Crippen LogP contribution in [-0.2, 0) is 16.3 Å². The minimum Gasteiger partial charge on any atom is -0.436 e. The number of hydrogen-bond acceptors (Lipinski definition) is 4. The van der Waals surface area contributed by atoms with E-state index < -0.39 is 5.69 Å². The van der Waals surface area contributed by atoms with Gasteiger partial charge in [-0.25, -0.2) is 0 Å². The number of rotatable bonds is 3. The summed E-state index contributed by atoms with van der Waals surface area (Å²) in [5.74, 6) is 1.30. The molecular formula is C16H22BrO2PS2. The highest BCUT2D eigenvalue weighted by atomic mass is 79.9. The Kier molecular flexibility index (Phi) is 7.03. The first kappa shape index (κ1) is 18.5. The molecule has 0 unspecified atom stereocenters. The lowest BCUT2D eigenvalue weighted by Gasteiger charge is -2.24. The predicted molar refractivity (Wildman–Crippen MR) is 104 cm³/mol. The standard InChI is InChI=1S/C16H22BrO2PS2/c1-12(2)14-5-4-13(3)22-20(21,18-11-10-14)19-16-8-6-15(17)7-9-16/h6-9,13-14H,1,4-5,10-11H2,2-3H3/t13-,14+,20-/m0/s1. The average molecular weight is 421 g/mol. The van der Waals surface area contributed by atoms with Crippen molar-refractivity contribution < 1.29 is 9.05 Å². The van der Waals surface area contributed by atoms with Gasteiger partial charge in [-0.1, -0.05) is 46.4 Å². The van der Waals surface area contributed by atoms with Gasteiger partial charge in [0.1, 0.15) is 5.75 Å². The minimum absolute atomic E-state index is 0.432. The van der Waals surface area contributed by atoms with Crippen molar-refractivity contribution in [2.24, 2.45) is 5.92 Å². The van der Waals surface area contributed by atoms with Crippen LogP contribution in [0.15, 0.2) is 40.9 Å². The molecule has 2 nitrogen and oxygen atoms in total. The molecule has 122 valence electrons. The van der Waals surface area contributed by atoms with Gasteiger partial charge in [-0.2, -0.15) is 0 Å². The van der Waals surface area contributed by atoms with E-state index in [4.69, 9.17) is 20.9 Å². The van der Waals surface area contributed by atoms with E-state index >= 15 is 0 Å². The summed E-state index contributed by atoms with van der Waals surface area (Å²) < 4.78 is 13.2. The highest BCUT2D eigenvalue weighted by molar-refractivity contribution is 9.10. The second-order valence-electron chi connectivity index (χ2n) is 5.65. The molecule has 1 aliphatic rings. The monoisotopic (exact) mass is 420 g/mol. The molecule has 3 atom stereocenters. The lowest BCUT2D eigenvalue weighted by atomic mass is 9.93. The SMILES string of the molecule is C=C(C)[C@H]1CCO[P@@](=S)(Oc2ccc(Br)cc2)S[C@@H](C)CC1. The minimum atomic E-state index is -2.36. The van der Waals surface area contributed by atoms with Crippen LogP contribution in [0.25, 0.3) is 0 Å². The van der Waals surface area contributed by atoms with Crippen molar-refractivity contribution in [3.63, 3.8) is 0 Å². The van der Waals surface area contributed by atoms with Crippen LogP contribution in [0.4, 0.5) is 0 Å². The van der Waals surface area contributed by atoms with E-state index in [0.29, 0.717) is 17.8 Å². The molecule has 1 saturated heterocycles. The fourth-order valence-electron chi connectivity index (χ4n) is 2.36. The van der Waals surface area contributed by atoms with Crippen molar-refractivity contribution in [3.8, 4) is 5.75 Å². The van der Waals surface area contributed by atoms with Gasteiger partial charge in [0.2, 0.25) is 0 Å². The van der Waals surface area contributed by atoms with Gasteiger partial charge in [0.25, 0.3) is 5.69 Å². The Morgan fingerprint density at radius 1 is 1.36 bits per heavy atom. The molecule has 1 aromatic rings. The lowest BCUT2D eigenvalue weighted by molar-refractivity contribution is 0.291. The van der Waals surface area contributed by atoms with E-state index in [2.05, 4.69) is 36.4 Å². The summed E-state index contributed by atoms with van der Waals surface area (Å²) in [5.41, 5.74) is -1.12. The first-order chi connectivity index (χ1) is 10.4. The third kappa shape index (κ3) is 5.68. The molecule has 0 aliphatic carbocycles. The molecule has 0 amide bonds. The summed E-state index contributed by atoms with van der Waals surface area (Å²) in [6.07, 6.45) is 3.25. The fraction of sp³-hybridized carbons (Fsp3) is 0.500. The Labute approximate surface area is 151 Å². The summed E-state index contributed by atoms with van der Waals surface area (Å²) in [6, 6.07) is 7.77. The van der Waals surface area contributed by atoms with Gasteiger partial charge in [0, 0.05) is 9.72 Å². The summed E-state index contributed by atoms with van der Waals surface area (Å²) >= 11 is 10.9. The molecule has 1 aromatic carbocycles. The molecule has 6 heteroatoms. The summed E-state index contributed by atoms with van der Waals surface area (Å²) in [4.78, 5) is 0. The number of benzene rings is 1. The Balaban J connectivity index is 2.09. The van der Waals surface area contributed by atoms with Crippen LogP contribution < -0.4 is 4.52 Å². The van der Waals surface area contributed by atoms with Gasteiger partial charge in [-0.3, -0.25) is 0 Å². The van der Waals surface area contributed by atoms with Gasteiger partial charge in [-0.05, 0) is 68.2 Å². The second kappa shape index (κ2) is 8.34. The first-order valence-corrected chi connectivity index (χ1v) is 12.3. The van der Waals surface area contributed by atoms with Gasteiger partial charge in [0.15, 0.2) is 0 Å². The first-order valence-electron chi connectivity index (χ1n) is 7.41. The van der Waals surface area contributed by atoms with Crippen LogP contribution >= 0.6 is 33.0 Å². The molecule has 0 spiro atoms. The quantitative estimate of drug-likeness (QED) is 0.406. The van der Waals surface area contributed by atoms with Crippen molar-refractivity contribution >= 4 is 44.8 Å². The third-order valence-corrected chi connectivity index (χ3v) is 9.70. The maximum Gasteiger partial charge on any atom is 0.297 e. The van der Waals surface area contributed by atoms with Crippen molar-refractivity contribution in [1.29, 1.82) is 0 Å². The average Bonchev–Trinajstić information content (AvgIpc) is 2.51. The Hall–Kier alpha value is 0.200. The van der Waals surface area contributed by atoms with E-state index in [-0.39, 0.29) is 0 Å². The number of halogens is 1. The van der Waals surface area contributed by atoms with E-state index in [9.17, 15) is 0 Å². The van der Waals surface area contributed by atoms with Gasteiger partial charge in [0.05, 0.1) is 6.61 Å². The van der Waals surface area contributed by atoms with Crippen molar-refractivity contribution in [2.75, 3.05) is 6.61 Å². The number of allylic oxidation sites excluding steroid dienone is 1. The van der Waals surface area contributed by atoms with Gasteiger partial charge in [-0.15, -0.1) is 0 Å². The maximum absolute atomic E-state index is 6.08. The van der Waals surface area contributed by atoms with Crippen molar-refractivity contribution in [1.82, 2.24) is 0 Å². The number of hydrogen-bond donors (Lipinski definition) is 0. The molecule has 0 radical (unpaired) electrons. The smallest absolute Gasteiger partial charge is 0.297 e. The summed E-state index contributed by atoms with van der Waals surface area (Å²) in [5, 5.41) is 0.432. The van der Waals surface area contributed by atoms with Crippen LogP contribution in [0.1, 0.15) is 33.1 Å². The predicted octanol–water partition coefficient (Wildman–Crippen LogP) is 6.57. The van der Waals surface area contributed by atoms with E-state index in [1.165, 1.54) is 5.57 Å². The molecule has 0 saturated carbocycles. The molecule has 0 N–H and O–H groups in total. The lowest BCUT2D eigenvalue weighted by Crippen LogP contribution is -2.06. The van der Waals surface area contributed by atoms with Gasteiger partial charge < -0.3 is 9.05 Å². The molecule has 2 rings (SSSR count). The van der Waals surface area contributed by atoms with Crippen LogP contribution in [0, 0.1) is 5.92 Å². The largest absolute Gasteiger partial charge is 0.436 e. The Bertz CT molecular complexity index is 562.